The van der Waals surface area contributed by atoms with E-state index in [1.54, 1.807) is 30.3 Å². The predicted octanol–water partition coefficient (Wildman–Crippen LogP) is 4.55. The number of pyridine rings is 1. The number of nitrogens with zero attached hydrogens (tertiary/aromatic N) is 1. The summed E-state index contributed by atoms with van der Waals surface area (Å²) in [6, 6.07) is 16.4. The molecule has 1 heterocycles. The van der Waals surface area contributed by atoms with Crippen molar-refractivity contribution in [3.05, 3.63) is 65.9 Å². The number of para-hydroxylation sites is 1. The van der Waals surface area contributed by atoms with E-state index in [9.17, 15) is 4.79 Å². The highest BCUT2D eigenvalue weighted by molar-refractivity contribution is 5.94. The third-order valence-corrected chi connectivity index (χ3v) is 3.59. The summed E-state index contributed by atoms with van der Waals surface area (Å²) in [4.78, 5) is 16.9. The van der Waals surface area contributed by atoms with E-state index in [1.807, 2.05) is 38.1 Å². The maximum atomic E-state index is 12.4. The van der Waals surface area contributed by atoms with Crippen LogP contribution < -0.4 is 9.47 Å². The molecule has 0 unspecified atom stereocenters. The van der Waals surface area contributed by atoms with Crippen molar-refractivity contribution in [2.45, 2.75) is 20.3 Å². The Morgan fingerprint density at radius 1 is 1.04 bits per heavy atom. The van der Waals surface area contributed by atoms with Gasteiger partial charge in [-0.05, 0) is 49.7 Å². The summed E-state index contributed by atoms with van der Waals surface area (Å²) in [5.74, 6) is 0.802. The summed E-state index contributed by atoms with van der Waals surface area (Å²) >= 11 is 0. The van der Waals surface area contributed by atoms with Gasteiger partial charge in [0.15, 0.2) is 5.75 Å². The van der Waals surface area contributed by atoms with Gasteiger partial charge >= 0.3 is 5.97 Å². The Morgan fingerprint density at radius 2 is 1.83 bits per heavy atom. The first-order valence-corrected chi connectivity index (χ1v) is 7.99. The SMILES string of the molecule is CCCOc1ccc(C(=O)Oc2cccc3ccc(C)nc23)cc1. The maximum absolute atomic E-state index is 12.4. The summed E-state index contributed by atoms with van der Waals surface area (Å²) in [5, 5.41) is 0.939. The zero-order chi connectivity index (χ0) is 16.9. The van der Waals surface area contributed by atoms with Gasteiger partial charge < -0.3 is 9.47 Å². The highest BCUT2D eigenvalue weighted by atomic mass is 16.5. The topological polar surface area (TPSA) is 48.4 Å². The predicted molar refractivity (Wildman–Crippen MR) is 93.7 cm³/mol. The van der Waals surface area contributed by atoms with Gasteiger partial charge in [-0.25, -0.2) is 9.78 Å². The monoisotopic (exact) mass is 321 g/mol. The summed E-state index contributed by atoms with van der Waals surface area (Å²) in [7, 11) is 0. The molecule has 0 radical (unpaired) electrons. The second-order valence-electron chi connectivity index (χ2n) is 5.54. The number of esters is 1. The molecule has 0 aliphatic rings. The second kappa shape index (κ2) is 7.13. The molecule has 0 aliphatic heterocycles. The molecule has 0 amide bonds. The minimum absolute atomic E-state index is 0.409. The van der Waals surface area contributed by atoms with Crippen molar-refractivity contribution in [3.8, 4) is 11.5 Å². The van der Waals surface area contributed by atoms with Gasteiger partial charge in [-0.3, -0.25) is 0 Å². The second-order valence-corrected chi connectivity index (χ2v) is 5.54. The lowest BCUT2D eigenvalue weighted by atomic mass is 10.2. The largest absolute Gasteiger partial charge is 0.494 e. The van der Waals surface area contributed by atoms with Gasteiger partial charge in [0.25, 0.3) is 0 Å². The van der Waals surface area contributed by atoms with E-state index in [0.717, 1.165) is 23.3 Å². The van der Waals surface area contributed by atoms with E-state index in [1.165, 1.54) is 0 Å². The Labute approximate surface area is 141 Å². The summed E-state index contributed by atoms with van der Waals surface area (Å²) in [5.41, 5.74) is 2.04. The average Bonchev–Trinajstić information content (AvgIpc) is 2.61. The first-order chi connectivity index (χ1) is 11.7. The van der Waals surface area contributed by atoms with E-state index < -0.39 is 5.97 Å². The van der Waals surface area contributed by atoms with Crippen LogP contribution in [0.4, 0.5) is 0 Å². The lowest BCUT2D eigenvalue weighted by Crippen LogP contribution is -2.09. The molecule has 0 bridgehead atoms. The number of ether oxygens (including phenoxy) is 2. The van der Waals surface area contributed by atoms with E-state index in [-0.39, 0.29) is 0 Å². The highest BCUT2D eigenvalue weighted by Gasteiger charge is 2.12. The van der Waals surface area contributed by atoms with E-state index in [0.29, 0.717) is 23.4 Å². The van der Waals surface area contributed by atoms with Crippen molar-refractivity contribution in [1.29, 1.82) is 0 Å². The smallest absolute Gasteiger partial charge is 0.343 e. The minimum atomic E-state index is -0.409. The molecule has 1 aromatic heterocycles. The Morgan fingerprint density at radius 3 is 2.58 bits per heavy atom. The number of fused-ring (bicyclic) bond motifs is 1. The van der Waals surface area contributed by atoms with Crippen molar-refractivity contribution < 1.29 is 14.3 Å². The third-order valence-electron chi connectivity index (χ3n) is 3.59. The first-order valence-electron chi connectivity index (χ1n) is 7.99. The fourth-order valence-corrected chi connectivity index (χ4v) is 2.37. The van der Waals surface area contributed by atoms with Gasteiger partial charge in [0.05, 0.1) is 12.2 Å². The van der Waals surface area contributed by atoms with Crippen LogP contribution in [0.25, 0.3) is 10.9 Å². The van der Waals surface area contributed by atoms with Gasteiger partial charge in [0.2, 0.25) is 0 Å². The number of hydrogen-bond donors (Lipinski definition) is 0. The van der Waals surface area contributed by atoms with Crippen LogP contribution in [0.2, 0.25) is 0 Å². The molecule has 0 aliphatic carbocycles. The van der Waals surface area contributed by atoms with Crippen molar-refractivity contribution in [2.75, 3.05) is 6.61 Å². The number of carbonyl (C=O) groups is 1. The van der Waals surface area contributed by atoms with Crippen molar-refractivity contribution in [3.63, 3.8) is 0 Å². The van der Waals surface area contributed by atoms with Crippen molar-refractivity contribution in [1.82, 2.24) is 4.98 Å². The maximum Gasteiger partial charge on any atom is 0.343 e. The molecule has 4 heteroatoms. The van der Waals surface area contributed by atoms with Crippen LogP contribution in [-0.4, -0.2) is 17.6 Å². The summed E-state index contributed by atoms with van der Waals surface area (Å²) < 4.78 is 11.1. The normalized spacial score (nSPS) is 10.6. The van der Waals surface area contributed by atoms with Crippen LogP contribution in [-0.2, 0) is 0 Å². The van der Waals surface area contributed by atoms with Gasteiger partial charge in [-0.1, -0.05) is 25.1 Å². The van der Waals surface area contributed by atoms with E-state index >= 15 is 0 Å². The van der Waals surface area contributed by atoms with E-state index in [2.05, 4.69) is 4.98 Å². The number of hydrogen-bond acceptors (Lipinski definition) is 4. The van der Waals surface area contributed by atoms with Crippen LogP contribution in [0.15, 0.2) is 54.6 Å². The van der Waals surface area contributed by atoms with Gasteiger partial charge in [0.1, 0.15) is 11.3 Å². The van der Waals surface area contributed by atoms with Crippen LogP contribution >= 0.6 is 0 Å². The molecule has 0 fully saturated rings. The third kappa shape index (κ3) is 3.54. The highest BCUT2D eigenvalue weighted by Crippen LogP contribution is 2.25. The van der Waals surface area contributed by atoms with Gasteiger partial charge in [-0.15, -0.1) is 0 Å². The van der Waals surface area contributed by atoms with Crippen LogP contribution in [0.5, 0.6) is 11.5 Å². The Bertz CT molecular complexity index is 856. The molecule has 0 saturated carbocycles. The molecule has 3 aromatic rings. The standard InChI is InChI=1S/C20H19NO3/c1-3-13-23-17-11-9-16(10-12-17)20(22)24-18-6-4-5-15-8-7-14(2)21-19(15)18/h4-12H,3,13H2,1-2H3. The van der Waals surface area contributed by atoms with Gasteiger partial charge in [0, 0.05) is 11.1 Å². The number of carbonyl (C=O) groups excluding carboxylic acids is 1. The molecular weight excluding hydrogens is 302 g/mol. The summed E-state index contributed by atoms with van der Waals surface area (Å²) in [6.45, 7) is 4.61. The fourth-order valence-electron chi connectivity index (χ4n) is 2.37. The number of aryl methyl sites for hydroxylation is 1. The molecule has 0 saturated heterocycles. The number of aromatic nitrogens is 1. The molecule has 0 N–H and O–H groups in total. The average molecular weight is 321 g/mol. The fraction of sp³-hybridized carbons (Fsp3) is 0.200. The Kier molecular flexibility index (Phi) is 4.75. The van der Waals surface area contributed by atoms with Crippen molar-refractivity contribution in [2.24, 2.45) is 0 Å². The molecule has 122 valence electrons. The molecule has 0 atom stereocenters. The minimum Gasteiger partial charge on any atom is -0.494 e. The Balaban J connectivity index is 1.81. The molecule has 2 aromatic carbocycles. The molecule has 3 rings (SSSR count). The van der Waals surface area contributed by atoms with Crippen LogP contribution in [0, 0.1) is 6.92 Å². The molecular formula is C20H19NO3. The Hall–Kier alpha value is -2.88. The van der Waals surface area contributed by atoms with E-state index in [4.69, 9.17) is 9.47 Å². The van der Waals surface area contributed by atoms with Crippen LogP contribution in [0.3, 0.4) is 0 Å². The lowest BCUT2D eigenvalue weighted by Gasteiger charge is -2.09. The number of rotatable bonds is 5. The number of benzene rings is 2. The van der Waals surface area contributed by atoms with Crippen LogP contribution in [0.1, 0.15) is 29.4 Å². The zero-order valence-corrected chi connectivity index (χ0v) is 13.8. The molecule has 0 spiro atoms. The molecule has 24 heavy (non-hydrogen) atoms. The van der Waals surface area contributed by atoms with Crippen molar-refractivity contribution >= 4 is 16.9 Å². The summed E-state index contributed by atoms with van der Waals surface area (Å²) in [6.07, 6.45) is 0.942. The van der Waals surface area contributed by atoms with Gasteiger partial charge in [-0.2, -0.15) is 0 Å². The first kappa shape index (κ1) is 16.0. The quantitative estimate of drug-likeness (QED) is 0.511. The zero-order valence-electron chi connectivity index (χ0n) is 13.8. The molecule has 4 nitrogen and oxygen atoms in total. The lowest BCUT2D eigenvalue weighted by molar-refractivity contribution is 0.0736.